The van der Waals surface area contributed by atoms with E-state index < -0.39 is 6.04 Å². The Morgan fingerprint density at radius 3 is 2.79 bits per heavy atom. The molecule has 1 amide bonds. The molecule has 4 N–H and O–H groups in total. The molecule has 7 heteroatoms. The molecule has 6 nitrogen and oxygen atoms in total. The molecule has 0 saturated carbocycles. The molecule has 2 aromatic carbocycles. The zero-order valence-corrected chi connectivity index (χ0v) is 19.1. The van der Waals surface area contributed by atoms with Crippen LogP contribution in [-0.4, -0.2) is 40.4 Å². The highest BCUT2D eigenvalue weighted by Gasteiger charge is 2.20. The van der Waals surface area contributed by atoms with Crippen molar-refractivity contribution in [1.29, 1.82) is 0 Å². The van der Waals surface area contributed by atoms with E-state index in [1.165, 1.54) is 12.1 Å². The fourth-order valence-corrected chi connectivity index (χ4v) is 4.12. The van der Waals surface area contributed by atoms with E-state index in [0.29, 0.717) is 42.9 Å². The number of fused-ring (bicyclic) bond motifs is 1. The summed E-state index contributed by atoms with van der Waals surface area (Å²) >= 11 is 0. The van der Waals surface area contributed by atoms with Gasteiger partial charge < -0.3 is 25.3 Å². The summed E-state index contributed by atoms with van der Waals surface area (Å²) in [7, 11) is 0. The minimum Gasteiger partial charge on any atom is -0.512 e. The molecule has 0 spiro atoms. The maximum Gasteiger partial charge on any atom is 0.255 e. The Hall–Kier alpha value is -3.58. The summed E-state index contributed by atoms with van der Waals surface area (Å²) in [5.74, 6) is 0.122. The summed E-state index contributed by atoms with van der Waals surface area (Å²) in [5, 5.41) is 23.3. The van der Waals surface area contributed by atoms with Crippen molar-refractivity contribution < 1.29 is 24.1 Å². The number of H-pyrrole nitrogens is 1. The second-order valence-electron chi connectivity index (χ2n) is 8.47. The van der Waals surface area contributed by atoms with Crippen molar-refractivity contribution in [1.82, 2.24) is 10.3 Å². The number of benzene rings is 2. The number of carbonyl (C=O) groups is 1. The highest BCUT2D eigenvalue weighted by Crippen LogP contribution is 2.30. The number of hydrogen-bond acceptors (Lipinski definition) is 4. The molecule has 34 heavy (non-hydrogen) atoms. The first-order chi connectivity index (χ1) is 16.5. The molecule has 1 aromatic heterocycles. The minimum absolute atomic E-state index is 0.270. The summed E-state index contributed by atoms with van der Waals surface area (Å²) in [6.07, 6.45) is 7.67. The number of aliphatic hydroxyl groups excluding tert-OH is 2. The van der Waals surface area contributed by atoms with E-state index in [9.17, 15) is 19.4 Å². The van der Waals surface area contributed by atoms with Gasteiger partial charge in [-0.05, 0) is 72.4 Å². The topological polar surface area (TPSA) is 94.6 Å². The first-order valence-electron chi connectivity index (χ1n) is 11.5. The number of halogens is 1. The molecule has 0 fully saturated rings. The van der Waals surface area contributed by atoms with Crippen molar-refractivity contribution >= 4 is 22.4 Å². The van der Waals surface area contributed by atoms with Gasteiger partial charge in [0.1, 0.15) is 11.6 Å². The van der Waals surface area contributed by atoms with Crippen LogP contribution in [0.4, 0.5) is 4.39 Å². The number of nitrogens with one attached hydrogen (secondary N) is 2. The van der Waals surface area contributed by atoms with Gasteiger partial charge in [0.2, 0.25) is 0 Å². The van der Waals surface area contributed by atoms with Crippen LogP contribution in [0, 0.1) is 5.82 Å². The average Bonchev–Trinajstić information content (AvgIpc) is 3.24. The predicted molar refractivity (Wildman–Crippen MR) is 130 cm³/mol. The van der Waals surface area contributed by atoms with Crippen molar-refractivity contribution in [2.45, 2.75) is 38.6 Å². The standard InChI is InChI=1S/C27H29FN2O4/c1-2-11-34-26-10-5-18(17-3-7-22(32)8-4-17)13-24(26)27(33)30-21(16-31)12-19-15-29-25-9-6-20(28)14-23(19)25/h3,5-7,9-10,13-15,21,29,31-32H,2,4,8,11-12,16H2,1H3,(H,30,33). The van der Waals surface area contributed by atoms with E-state index in [1.807, 2.05) is 19.1 Å². The van der Waals surface area contributed by atoms with Crippen molar-refractivity contribution in [3.63, 3.8) is 0 Å². The van der Waals surface area contributed by atoms with Gasteiger partial charge >= 0.3 is 0 Å². The second-order valence-corrected chi connectivity index (χ2v) is 8.47. The molecule has 4 rings (SSSR count). The Labute approximate surface area is 197 Å². The first-order valence-corrected chi connectivity index (χ1v) is 11.5. The molecule has 1 aliphatic rings. The van der Waals surface area contributed by atoms with Crippen molar-refractivity contribution in [2.75, 3.05) is 13.2 Å². The monoisotopic (exact) mass is 464 g/mol. The third kappa shape index (κ3) is 5.31. The quantitative estimate of drug-likeness (QED) is 0.357. The summed E-state index contributed by atoms with van der Waals surface area (Å²) in [6, 6.07) is 9.42. The number of aromatic amines is 1. The van der Waals surface area contributed by atoms with Crippen molar-refractivity contribution in [3.8, 4) is 5.75 Å². The Morgan fingerprint density at radius 2 is 2.06 bits per heavy atom. The van der Waals surface area contributed by atoms with E-state index >= 15 is 0 Å². The van der Waals surface area contributed by atoms with Crippen LogP contribution in [0.1, 0.15) is 47.7 Å². The second kappa shape index (κ2) is 10.6. The van der Waals surface area contributed by atoms with Crippen LogP contribution in [0.15, 0.2) is 60.5 Å². The Morgan fingerprint density at radius 1 is 1.21 bits per heavy atom. The van der Waals surface area contributed by atoms with E-state index in [4.69, 9.17) is 4.74 Å². The largest absolute Gasteiger partial charge is 0.512 e. The van der Waals surface area contributed by atoms with Gasteiger partial charge in [-0.25, -0.2) is 4.39 Å². The number of hydrogen-bond donors (Lipinski definition) is 4. The minimum atomic E-state index is -0.564. The van der Waals surface area contributed by atoms with Crippen LogP contribution in [0.2, 0.25) is 0 Å². The maximum atomic E-state index is 13.7. The average molecular weight is 465 g/mol. The number of aliphatic hydroxyl groups is 2. The molecule has 1 heterocycles. The number of rotatable bonds is 9. The Balaban J connectivity index is 1.57. The van der Waals surface area contributed by atoms with Gasteiger partial charge in [0.15, 0.2) is 0 Å². The number of ether oxygens (including phenoxy) is 1. The van der Waals surface area contributed by atoms with Gasteiger partial charge in [0.25, 0.3) is 5.91 Å². The van der Waals surface area contributed by atoms with Crippen molar-refractivity contribution in [3.05, 3.63) is 83.0 Å². The third-order valence-electron chi connectivity index (χ3n) is 5.94. The summed E-state index contributed by atoms with van der Waals surface area (Å²) in [6.45, 7) is 2.20. The van der Waals surface area contributed by atoms with Crippen LogP contribution >= 0.6 is 0 Å². The molecular formula is C27H29FN2O4. The molecule has 3 aromatic rings. The van der Waals surface area contributed by atoms with Crippen LogP contribution < -0.4 is 10.1 Å². The summed E-state index contributed by atoms with van der Waals surface area (Å²) in [5.41, 5.74) is 3.89. The molecule has 0 aliphatic heterocycles. The van der Waals surface area contributed by atoms with Crippen LogP contribution in [-0.2, 0) is 6.42 Å². The molecular weight excluding hydrogens is 435 g/mol. The molecule has 1 unspecified atom stereocenters. The van der Waals surface area contributed by atoms with Crippen LogP contribution in [0.25, 0.3) is 16.5 Å². The van der Waals surface area contributed by atoms with Gasteiger partial charge in [-0.1, -0.05) is 19.1 Å². The highest BCUT2D eigenvalue weighted by atomic mass is 19.1. The molecule has 1 atom stereocenters. The lowest BCUT2D eigenvalue weighted by molar-refractivity contribution is 0.0912. The normalized spacial score (nSPS) is 14.4. The number of aromatic nitrogens is 1. The fraction of sp³-hybridized carbons (Fsp3) is 0.296. The lowest BCUT2D eigenvalue weighted by Crippen LogP contribution is -2.39. The van der Waals surface area contributed by atoms with Gasteiger partial charge in [-0.15, -0.1) is 0 Å². The molecule has 0 bridgehead atoms. The van der Waals surface area contributed by atoms with Gasteiger partial charge in [-0.2, -0.15) is 0 Å². The van der Waals surface area contributed by atoms with Crippen LogP contribution in [0.5, 0.6) is 5.75 Å². The first kappa shape index (κ1) is 23.6. The summed E-state index contributed by atoms with van der Waals surface area (Å²) < 4.78 is 19.6. The zero-order chi connectivity index (χ0) is 24.1. The van der Waals surface area contributed by atoms with Gasteiger partial charge in [0, 0.05) is 23.5 Å². The molecule has 0 radical (unpaired) electrons. The van der Waals surface area contributed by atoms with E-state index in [0.717, 1.165) is 34.0 Å². The lowest BCUT2D eigenvalue weighted by Gasteiger charge is -2.19. The zero-order valence-electron chi connectivity index (χ0n) is 19.1. The Bertz CT molecular complexity index is 1240. The Kier molecular flexibility index (Phi) is 7.33. The third-order valence-corrected chi connectivity index (χ3v) is 5.94. The van der Waals surface area contributed by atoms with E-state index in [-0.39, 0.29) is 18.3 Å². The van der Waals surface area contributed by atoms with E-state index in [2.05, 4.69) is 10.3 Å². The molecule has 0 saturated heterocycles. The fourth-order valence-electron chi connectivity index (χ4n) is 4.12. The van der Waals surface area contributed by atoms with E-state index in [1.54, 1.807) is 30.5 Å². The van der Waals surface area contributed by atoms with Crippen LogP contribution in [0.3, 0.4) is 0 Å². The SMILES string of the molecule is CCCOc1ccc(C2=CC=C(O)CC2)cc1C(=O)NC(CO)Cc1c[nH]c2ccc(F)cc12. The molecule has 1 aliphatic carbocycles. The molecule has 178 valence electrons. The smallest absolute Gasteiger partial charge is 0.255 e. The number of allylic oxidation sites excluding steroid dienone is 4. The number of amides is 1. The summed E-state index contributed by atoms with van der Waals surface area (Å²) in [4.78, 5) is 16.4. The maximum absolute atomic E-state index is 13.7. The number of carbonyl (C=O) groups excluding carboxylic acids is 1. The van der Waals surface area contributed by atoms with Crippen molar-refractivity contribution in [2.24, 2.45) is 0 Å². The van der Waals surface area contributed by atoms with Gasteiger partial charge in [0.05, 0.1) is 30.6 Å². The highest BCUT2D eigenvalue weighted by molar-refractivity contribution is 5.98. The lowest BCUT2D eigenvalue weighted by atomic mass is 9.94. The van der Waals surface area contributed by atoms with Gasteiger partial charge in [-0.3, -0.25) is 4.79 Å². The predicted octanol–water partition coefficient (Wildman–Crippen LogP) is 5.05.